The third-order valence-electron chi connectivity index (χ3n) is 4.88. The van der Waals surface area contributed by atoms with Gasteiger partial charge in [-0.2, -0.15) is 0 Å². The topological polar surface area (TPSA) is 101 Å². The molecule has 0 aliphatic heterocycles. The number of carbonyl (C=O) groups excluding carboxylic acids is 1. The summed E-state index contributed by atoms with van der Waals surface area (Å²) in [5.41, 5.74) is 5.32. The van der Waals surface area contributed by atoms with E-state index in [0.717, 1.165) is 11.1 Å². The molecule has 7 heteroatoms. The van der Waals surface area contributed by atoms with Crippen LogP contribution in [0.4, 0.5) is 4.79 Å². The molecule has 4 rings (SSSR count). The van der Waals surface area contributed by atoms with Crippen LogP contribution in [0.15, 0.2) is 67.0 Å². The van der Waals surface area contributed by atoms with Crippen LogP contribution in [0.2, 0.25) is 0 Å². The van der Waals surface area contributed by atoms with Gasteiger partial charge in [0.2, 0.25) is 5.82 Å². The Morgan fingerprint density at radius 3 is 2.20 bits per heavy atom. The van der Waals surface area contributed by atoms with E-state index in [4.69, 9.17) is 9.84 Å². The molecule has 2 N–H and O–H groups in total. The van der Waals surface area contributed by atoms with Crippen molar-refractivity contribution < 1.29 is 19.4 Å². The highest BCUT2D eigenvalue weighted by atomic mass is 16.5. The van der Waals surface area contributed by atoms with Crippen molar-refractivity contribution in [3.05, 3.63) is 89.5 Å². The van der Waals surface area contributed by atoms with Crippen molar-refractivity contribution in [2.24, 2.45) is 0 Å². The Bertz CT molecular complexity index is 1060. The molecule has 2 aromatic carbocycles. The first kappa shape index (κ1) is 19.3. The maximum atomic E-state index is 12.1. The number of alkyl carbamates (subject to hydrolysis) is 1. The lowest BCUT2D eigenvalue weighted by Crippen LogP contribution is -2.26. The monoisotopic (exact) mass is 401 g/mol. The fourth-order valence-corrected chi connectivity index (χ4v) is 3.52. The van der Waals surface area contributed by atoms with Crippen LogP contribution in [-0.2, 0) is 4.74 Å². The van der Waals surface area contributed by atoms with Gasteiger partial charge in [0.05, 0.1) is 0 Å². The van der Waals surface area contributed by atoms with Crippen LogP contribution in [0.5, 0.6) is 0 Å². The number of rotatable bonds is 6. The SMILES string of the molecule is O=C(NCC=Cc1cnc(C(=O)O)nc1)OCC1c2ccccc2-c2ccccc21. The van der Waals surface area contributed by atoms with Crippen LogP contribution < -0.4 is 5.32 Å². The zero-order chi connectivity index (χ0) is 20.9. The van der Waals surface area contributed by atoms with Crippen molar-refractivity contribution in [1.82, 2.24) is 15.3 Å². The first-order chi connectivity index (χ1) is 14.6. The zero-order valence-electron chi connectivity index (χ0n) is 16.0. The lowest BCUT2D eigenvalue weighted by atomic mass is 9.98. The molecular formula is C23H19N3O4. The van der Waals surface area contributed by atoms with Gasteiger partial charge in [0.15, 0.2) is 0 Å². The van der Waals surface area contributed by atoms with Crippen molar-refractivity contribution in [2.45, 2.75) is 5.92 Å². The molecule has 0 bridgehead atoms. The van der Waals surface area contributed by atoms with E-state index in [1.165, 1.54) is 23.5 Å². The smallest absolute Gasteiger partial charge is 0.407 e. The first-order valence-electron chi connectivity index (χ1n) is 9.44. The highest BCUT2D eigenvalue weighted by Gasteiger charge is 2.28. The van der Waals surface area contributed by atoms with Crippen LogP contribution in [0.25, 0.3) is 17.2 Å². The first-order valence-corrected chi connectivity index (χ1v) is 9.44. The number of aromatic carboxylic acids is 1. The fourth-order valence-electron chi connectivity index (χ4n) is 3.52. The van der Waals surface area contributed by atoms with Gasteiger partial charge in [0.1, 0.15) is 6.61 Å². The summed E-state index contributed by atoms with van der Waals surface area (Å²) in [6, 6.07) is 16.3. The Hall–Kier alpha value is -4.00. The maximum Gasteiger partial charge on any atom is 0.407 e. The normalized spacial score (nSPS) is 12.4. The number of fused-ring (bicyclic) bond motifs is 3. The van der Waals surface area contributed by atoms with Gasteiger partial charge in [-0.3, -0.25) is 0 Å². The number of benzene rings is 2. The van der Waals surface area contributed by atoms with Gasteiger partial charge >= 0.3 is 12.1 Å². The van der Waals surface area contributed by atoms with E-state index in [9.17, 15) is 9.59 Å². The van der Waals surface area contributed by atoms with Gasteiger partial charge in [0.25, 0.3) is 0 Å². The largest absolute Gasteiger partial charge is 0.475 e. The molecule has 30 heavy (non-hydrogen) atoms. The summed E-state index contributed by atoms with van der Waals surface area (Å²) in [6.45, 7) is 0.519. The summed E-state index contributed by atoms with van der Waals surface area (Å²) in [5, 5.41) is 11.5. The lowest BCUT2D eigenvalue weighted by Gasteiger charge is -2.14. The highest BCUT2D eigenvalue weighted by Crippen LogP contribution is 2.44. The van der Waals surface area contributed by atoms with Gasteiger partial charge in [-0.15, -0.1) is 0 Å². The Balaban J connectivity index is 1.31. The molecule has 1 heterocycles. The Morgan fingerprint density at radius 2 is 1.60 bits per heavy atom. The average Bonchev–Trinajstić information content (AvgIpc) is 3.09. The second-order valence-electron chi connectivity index (χ2n) is 6.75. The molecule has 0 saturated carbocycles. The lowest BCUT2D eigenvalue weighted by molar-refractivity contribution is 0.0683. The Kier molecular flexibility index (Phi) is 5.52. The number of ether oxygens (including phenoxy) is 1. The number of hydrogen-bond acceptors (Lipinski definition) is 5. The van der Waals surface area contributed by atoms with Gasteiger partial charge in [0, 0.05) is 30.4 Å². The number of nitrogens with one attached hydrogen (secondary N) is 1. The van der Waals surface area contributed by atoms with Crippen molar-refractivity contribution in [2.75, 3.05) is 13.2 Å². The number of amides is 1. The minimum absolute atomic E-state index is 0.0172. The number of carboxylic acids is 1. The van der Waals surface area contributed by atoms with E-state index in [-0.39, 0.29) is 24.9 Å². The Morgan fingerprint density at radius 1 is 1.00 bits per heavy atom. The zero-order valence-corrected chi connectivity index (χ0v) is 16.0. The molecule has 0 fully saturated rings. The van der Waals surface area contributed by atoms with Crippen molar-refractivity contribution in [3.63, 3.8) is 0 Å². The fraction of sp³-hybridized carbons (Fsp3) is 0.130. The van der Waals surface area contributed by atoms with Crippen molar-refractivity contribution >= 4 is 18.1 Å². The molecule has 0 spiro atoms. The highest BCUT2D eigenvalue weighted by molar-refractivity contribution is 5.83. The summed E-state index contributed by atoms with van der Waals surface area (Å²) in [5.74, 6) is -1.42. The second-order valence-corrected chi connectivity index (χ2v) is 6.75. The second kappa shape index (κ2) is 8.57. The molecule has 0 radical (unpaired) electrons. The summed E-state index contributed by atoms with van der Waals surface area (Å²) in [4.78, 5) is 30.3. The van der Waals surface area contributed by atoms with Gasteiger partial charge in [-0.25, -0.2) is 19.6 Å². The molecule has 150 valence electrons. The minimum atomic E-state index is -1.18. The predicted molar refractivity (Wildman–Crippen MR) is 111 cm³/mol. The molecule has 1 aromatic heterocycles. The summed E-state index contributed by atoms with van der Waals surface area (Å²) < 4.78 is 5.46. The van der Waals surface area contributed by atoms with Crippen LogP contribution in [0.1, 0.15) is 33.2 Å². The molecule has 7 nitrogen and oxygen atoms in total. The van der Waals surface area contributed by atoms with Gasteiger partial charge < -0.3 is 15.2 Å². The standard InChI is InChI=1S/C23H19N3O4/c27-22(28)21-25-12-15(13-26-21)6-5-11-24-23(29)30-14-20-18-9-3-1-7-16(18)17-8-2-4-10-19(17)20/h1-10,12-13,20H,11,14H2,(H,24,29)(H,27,28). The third-order valence-corrected chi connectivity index (χ3v) is 4.88. The minimum Gasteiger partial charge on any atom is -0.475 e. The quantitative estimate of drug-likeness (QED) is 0.653. The third kappa shape index (κ3) is 4.05. The molecule has 1 aliphatic carbocycles. The van der Waals surface area contributed by atoms with Crippen molar-refractivity contribution in [3.8, 4) is 11.1 Å². The van der Waals surface area contributed by atoms with E-state index in [1.54, 1.807) is 12.2 Å². The van der Waals surface area contributed by atoms with E-state index in [1.807, 2.05) is 24.3 Å². The average molecular weight is 401 g/mol. The predicted octanol–water partition coefficient (Wildman–Crippen LogP) is 3.73. The number of nitrogens with zero attached hydrogens (tertiary/aromatic N) is 2. The molecule has 1 aliphatic rings. The van der Waals surface area contributed by atoms with Crippen LogP contribution in [0.3, 0.4) is 0 Å². The van der Waals surface area contributed by atoms with Gasteiger partial charge in [-0.05, 0) is 22.3 Å². The summed E-state index contributed by atoms with van der Waals surface area (Å²) >= 11 is 0. The molecule has 1 amide bonds. The summed E-state index contributed by atoms with van der Waals surface area (Å²) in [7, 11) is 0. The molecule has 0 unspecified atom stereocenters. The van der Waals surface area contributed by atoms with Gasteiger partial charge in [-0.1, -0.05) is 60.7 Å². The number of aromatic nitrogens is 2. The van der Waals surface area contributed by atoms with Crippen molar-refractivity contribution in [1.29, 1.82) is 0 Å². The number of hydrogen-bond donors (Lipinski definition) is 2. The van der Waals surface area contributed by atoms with E-state index in [0.29, 0.717) is 5.56 Å². The maximum absolute atomic E-state index is 12.1. The van der Waals surface area contributed by atoms with Crippen LogP contribution in [-0.4, -0.2) is 40.3 Å². The number of carbonyl (C=O) groups is 2. The van der Waals surface area contributed by atoms with E-state index in [2.05, 4.69) is 39.6 Å². The Labute approximate surface area is 173 Å². The molecule has 0 atom stereocenters. The number of carboxylic acid groups (broad SMARTS) is 1. The van der Waals surface area contributed by atoms with E-state index >= 15 is 0 Å². The molecule has 0 saturated heterocycles. The molecular weight excluding hydrogens is 382 g/mol. The summed E-state index contributed by atoms with van der Waals surface area (Å²) in [6.07, 6.45) is 5.70. The van der Waals surface area contributed by atoms with E-state index < -0.39 is 12.1 Å². The van der Waals surface area contributed by atoms with Crippen LogP contribution >= 0.6 is 0 Å². The molecule has 3 aromatic rings. The van der Waals surface area contributed by atoms with Crippen LogP contribution in [0, 0.1) is 0 Å².